The van der Waals surface area contributed by atoms with Crippen LogP contribution in [0.3, 0.4) is 0 Å². The molecule has 4 rings (SSSR count). The summed E-state index contributed by atoms with van der Waals surface area (Å²) in [4.78, 5) is 31.1. The number of H-pyrrole nitrogens is 1. The lowest BCUT2D eigenvalue weighted by Gasteiger charge is -1.93. The van der Waals surface area contributed by atoms with E-state index >= 15 is 0 Å². The van der Waals surface area contributed by atoms with Crippen LogP contribution >= 0.6 is 11.3 Å². The minimum absolute atomic E-state index is 0.233. The number of hydrogen-bond acceptors (Lipinski definition) is 5. The van der Waals surface area contributed by atoms with E-state index in [1.807, 2.05) is 28.8 Å². The van der Waals surface area contributed by atoms with Crippen molar-refractivity contribution >= 4 is 34.9 Å². The SMILES string of the molecule is O=C(/C=c1/[nH]c(=O)/c(=C\c2cnc3ccccn23)s1)c1ccco1. The fourth-order valence-corrected chi connectivity index (χ4v) is 3.20. The quantitative estimate of drug-likeness (QED) is 0.569. The third kappa shape index (κ3) is 2.61. The van der Waals surface area contributed by atoms with Gasteiger partial charge in [0.1, 0.15) is 5.65 Å². The van der Waals surface area contributed by atoms with E-state index in [1.54, 1.807) is 24.4 Å². The van der Waals surface area contributed by atoms with Crippen LogP contribution in [0, 0.1) is 0 Å². The zero-order valence-corrected chi connectivity index (χ0v) is 13.1. The van der Waals surface area contributed by atoms with E-state index in [9.17, 15) is 9.59 Å². The molecular weight excluding hydrogens is 326 g/mol. The van der Waals surface area contributed by atoms with Crippen LogP contribution in [0.4, 0.5) is 0 Å². The van der Waals surface area contributed by atoms with Crippen molar-refractivity contribution in [1.29, 1.82) is 0 Å². The number of rotatable bonds is 3. The largest absolute Gasteiger partial charge is 0.461 e. The second-order valence-electron chi connectivity index (χ2n) is 5.03. The number of nitrogens with one attached hydrogen (secondary N) is 1. The van der Waals surface area contributed by atoms with Gasteiger partial charge in [-0.3, -0.25) is 9.59 Å². The maximum absolute atomic E-state index is 12.1. The lowest BCUT2D eigenvalue weighted by atomic mass is 10.3. The number of fused-ring (bicyclic) bond motifs is 1. The molecule has 0 spiro atoms. The molecular formula is C17H11N3O3S. The van der Waals surface area contributed by atoms with Crippen molar-refractivity contribution < 1.29 is 9.21 Å². The van der Waals surface area contributed by atoms with Crippen molar-refractivity contribution in [1.82, 2.24) is 14.4 Å². The molecule has 0 saturated heterocycles. The highest BCUT2D eigenvalue weighted by Crippen LogP contribution is 2.06. The first-order valence-corrected chi connectivity index (χ1v) is 7.95. The van der Waals surface area contributed by atoms with E-state index in [2.05, 4.69) is 9.97 Å². The highest BCUT2D eigenvalue weighted by molar-refractivity contribution is 7.07. The van der Waals surface area contributed by atoms with Crippen molar-refractivity contribution in [2.75, 3.05) is 0 Å². The Morgan fingerprint density at radius 3 is 3.04 bits per heavy atom. The number of Topliss-reactive ketones (excluding diaryl/α,β-unsaturated/α-hetero) is 1. The van der Waals surface area contributed by atoms with Gasteiger partial charge in [0.15, 0.2) is 5.76 Å². The Balaban J connectivity index is 1.79. The third-order valence-electron chi connectivity index (χ3n) is 3.43. The van der Waals surface area contributed by atoms with Gasteiger partial charge >= 0.3 is 0 Å². The number of hydrogen-bond donors (Lipinski definition) is 1. The normalized spacial score (nSPS) is 13.0. The van der Waals surface area contributed by atoms with E-state index in [0.717, 1.165) is 11.3 Å². The van der Waals surface area contributed by atoms with Crippen LogP contribution in [0.15, 0.2) is 58.2 Å². The van der Waals surface area contributed by atoms with E-state index in [-0.39, 0.29) is 17.1 Å². The molecule has 0 saturated carbocycles. The maximum atomic E-state index is 12.1. The molecule has 0 bridgehead atoms. The predicted octanol–water partition coefficient (Wildman–Crippen LogP) is 1.17. The number of nitrogens with zero attached hydrogens (tertiary/aromatic N) is 2. The maximum Gasteiger partial charge on any atom is 0.266 e. The molecule has 24 heavy (non-hydrogen) atoms. The molecule has 0 aliphatic carbocycles. The van der Waals surface area contributed by atoms with Gasteiger partial charge in [0.25, 0.3) is 5.56 Å². The van der Waals surface area contributed by atoms with Crippen molar-refractivity contribution in [2.45, 2.75) is 0 Å². The molecule has 1 N–H and O–H groups in total. The molecule has 0 radical (unpaired) electrons. The Kier molecular flexibility index (Phi) is 3.47. The smallest absolute Gasteiger partial charge is 0.266 e. The summed E-state index contributed by atoms with van der Waals surface area (Å²) >= 11 is 1.21. The molecule has 7 heteroatoms. The van der Waals surface area contributed by atoms with Gasteiger partial charge in [0.2, 0.25) is 5.78 Å². The van der Waals surface area contributed by atoms with Gasteiger partial charge in [-0.15, -0.1) is 11.3 Å². The molecule has 118 valence electrons. The summed E-state index contributed by atoms with van der Waals surface area (Å²) in [5, 5.41) is 0. The Bertz CT molecular complexity index is 1200. The molecule has 4 aromatic heterocycles. The lowest BCUT2D eigenvalue weighted by Crippen LogP contribution is -2.20. The first kappa shape index (κ1) is 14.4. The van der Waals surface area contributed by atoms with Gasteiger partial charge in [-0.2, -0.15) is 0 Å². The van der Waals surface area contributed by atoms with Crippen molar-refractivity contribution in [3.05, 3.63) is 80.0 Å². The summed E-state index contributed by atoms with van der Waals surface area (Å²) in [5.74, 6) is -0.0598. The van der Waals surface area contributed by atoms with E-state index in [1.165, 1.54) is 23.7 Å². The van der Waals surface area contributed by atoms with Crippen LogP contribution in [-0.4, -0.2) is 20.2 Å². The number of aromatic amines is 1. The first-order valence-electron chi connectivity index (χ1n) is 7.13. The summed E-state index contributed by atoms with van der Waals surface area (Å²) in [5.41, 5.74) is 1.35. The fraction of sp³-hybridized carbons (Fsp3) is 0. The minimum atomic E-state index is -0.293. The number of carbonyl (C=O) groups excluding carboxylic acids is 1. The number of carbonyl (C=O) groups is 1. The van der Waals surface area contributed by atoms with Gasteiger partial charge in [-0.05, 0) is 30.3 Å². The second kappa shape index (κ2) is 5.78. The second-order valence-corrected chi connectivity index (χ2v) is 6.11. The Hall–Kier alpha value is -3.19. The zero-order valence-electron chi connectivity index (χ0n) is 12.3. The van der Waals surface area contributed by atoms with Crippen LogP contribution in [0.2, 0.25) is 0 Å². The molecule has 0 aromatic carbocycles. The average Bonchev–Trinajstić information content (AvgIpc) is 3.30. The zero-order chi connectivity index (χ0) is 16.5. The number of pyridine rings is 1. The molecule has 0 aliphatic rings. The molecule has 4 aromatic rings. The average molecular weight is 337 g/mol. The highest BCUT2D eigenvalue weighted by atomic mass is 32.1. The van der Waals surface area contributed by atoms with Gasteiger partial charge in [-0.25, -0.2) is 4.98 Å². The third-order valence-corrected chi connectivity index (χ3v) is 4.39. The molecule has 0 fully saturated rings. The van der Waals surface area contributed by atoms with Crippen LogP contribution in [0.25, 0.3) is 17.8 Å². The molecule has 0 atom stereocenters. The van der Waals surface area contributed by atoms with Crippen LogP contribution in [-0.2, 0) is 0 Å². The van der Waals surface area contributed by atoms with E-state index in [0.29, 0.717) is 9.20 Å². The lowest BCUT2D eigenvalue weighted by molar-refractivity contribution is 0.103. The Morgan fingerprint density at radius 2 is 2.21 bits per heavy atom. The Morgan fingerprint density at radius 1 is 1.29 bits per heavy atom. The highest BCUT2D eigenvalue weighted by Gasteiger charge is 2.06. The number of thiazole rings is 1. The summed E-state index contributed by atoms with van der Waals surface area (Å²) in [6, 6.07) is 8.90. The van der Waals surface area contributed by atoms with Crippen LogP contribution in [0.5, 0.6) is 0 Å². The standard InChI is InChI=1S/C17H11N3O3S/c21-12(13-4-3-7-23-13)9-16-19-17(22)14(24-16)8-11-10-18-15-5-1-2-6-20(11)15/h1-10H,(H,19,22)/b14-8+,16-9-. The summed E-state index contributed by atoms with van der Waals surface area (Å²) in [6.45, 7) is 0. The predicted molar refractivity (Wildman–Crippen MR) is 90.5 cm³/mol. The monoisotopic (exact) mass is 337 g/mol. The van der Waals surface area contributed by atoms with Gasteiger partial charge in [0.05, 0.1) is 27.3 Å². The van der Waals surface area contributed by atoms with Crippen molar-refractivity contribution in [3.8, 4) is 0 Å². The number of ketones is 1. The fourth-order valence-electron chi connectivity index (χ4n) is 2.33. The topological polar surface area (TPSA) is 80.4 Å². The number of aromatic nitrogens is 3. The van der Waals surface area contributed by atoms with Gasteiger partial charge < -0.3 is 13.8 Å². The van der Waals surface area contributed by atoms with Crippen LogP contribution in [0.1, 0.15) is 16.2 Å². The summed E-state index contributed by atoms with van der Waals surface area (Å²) < 4.78 is 7.91. The Labute approximate surface area is 139 Å². The summed E-state index contributed by atoms with van der Waals surface area (Å²) in [7, 11) is 0. The van der Waals surface area contributed by atoms with E-state index in [4.69, 9.17) is 4.42 Å². The molecule has 0 amide bonds. The van der Waals surface area contributed by atoms with Crippen molar-refractivity contribution in [2.24, 2.45) is 0 Å². The molecule has 6 nitrogen and oxygen atoms in total. The van der Waals surface area contributed by atoms with E-state index < -0.39 is 0 Å². The molecule has 4 heterocycles. The number of furan rings is 1. The molecule has 0 aliphatic heterocycles. The summed E-state index contributed by atoms with van der Waals surface area (Å²) in [6.07, 6.45) is 8.12. The van der Waals surface area contributed by atoms with Crippen LogP contribution < -0.4 is 14.8 Å². The molecule has 0 unspecified atom stereocenters. The van der Waals surface area contributed by atoms with Gasteiger partial charge in [-0.1, -0.05) is 6.07 Å². The minimum Gasteiger partial charge on any atom is -0.461 e. The first-order chi connectivity index (χ1) is 11.7. The van der Waals surface area contributed by atoms with Crippen molar-refractivity contribution in [3.63, 3.8) is 0 Å². The number of imidazole rings is 1. The van der Waals surface area contributed by atoms with Gasteiger partial charge in [0, 0.05) is 12.3 Å².